The normalized spacial score (nSPS) is 32.2. The summed E-state index contributed by atoms with van der Waals surface area (Å²) in [6.07, 6.45) is 42.1. The molecule has 1 saturated carbocycles. The Labute approximate surface area is 375 Å². The lowest BCUT2D eigenvalue weighted by Gasteiger charge is -2.50. The van der Waals surface area contributed by atoms with Gasteiger partial charge >= 0.3 is 0 Å². The predicted molar refractivity (Wildman–Crippen MR) is 260 cm³/mol. The van der Waals surface area contributed by atoms with E-state index in [-0.39, 0.29) is 0 Å². The molecule has 62 heavy (non-hydrogen) atoms. The Hall–Kier alpha value is -4.40. The van der Waals surface area contributed by atoms with Gasteiger partial charge in [0, 0.05) is 34.7 Å². The van der Waals surface area contributed by atoms with Crippen LogP contribution in [0, 0.1) is 35.5 Å². The summed E-state index contributed by atoms with van der Waals surface area (Å²) in [4.78, 5) is 7.65. The molecule has 1 fully saturated rings. The number of rotatable bonds is 5. The minimum Gasteiger partial charge on any atom is -0.264 e. The molecule has 1 nitrogen and oxygen atoms in total. The average molecular weight is 830 g/mol. The molecular weight excluding hydrogens is 767 g/mol. The van der Waals surface area contributed by atoms with Crippen LogP contribution < -0.4 is 0 Å². The van der Waals surface area contributed by atoms with Crippen LogP contribution in [0.25, 0.3) is 16.7 Å². The van der Waals surface area contributed by atoms with E-state index in [1.165, 1.54) is 110 Å². The summed E-state index contributed by atoms with van der Waals surface area (Å²) in [7, 11) is 0. The second-order valence-electron chi connectivity index (χ2n) is 20.6. The van der Waals surface area contributed by atoms with E-state index in [1.54, 1.807) is 32.7 Å². The van der Waals surface area contributed by atoms with Gasteiger partial charge in [0.1, 0.15) is 0 Å². The molecule has 4 aromatic rings. The highest BCUT2D eigenvalue weighted by atomic mass is 32.2. The Morgan fingerprint density at radius 2 is 1.60 bits per heavy atom. The summed E-state index contributed by atoms with van der Waals surface area (Å²) < 4.78 is 0. The lowest BCUT2D eigenvalue weighted by Crippen LogP contribution is -2.40. The van der Waals surface area contributed by atoms with Crippen LogP contribution in [0.4, 0.5) is 0 Å². The molecule has 0 amide bonds. The van der Waals surface area contributed by atoms with Crippen molar-refractivity contribution in [3.05, 3.63) is 183 Å². The second-order valence-corrected chi connectivity index (χ2v) is 21.7. The fraction of sp³-hybridized carbons (Fsp3) is 0.417. The summed E-state index contributed by atoms with van der Waals surface area (Å²) in [5.41, 5.74) is 17.0. The van der Waals surface area contributed by atoms with Gasteiger partial charge in [0.05, 0.1) is 0 Å². The zero-order valence-corrected chi connectivity index (χ0v) is 37.5. The van der Waals surface area contributed by atoms with Gasteiger partial charge < -0.3 is 0 Å². The molecule has 0 bridgehead atoms. The van der Waals surface area contributed by atoms with Gasteiger partial charge in [-0.1, -0.05) is 140 Å². The molecule has 12 rings (SSSR count). The van der Waals surface area contributed by atoms with E-state index in [9.17, 15) is 0 Å². The van der Waals surface area contributed by atoms with Gasteiger partial charge in [-0.3, -0.25) is 4.98 Å². The fourth-order valence-corrected chi connectivity index (χ4v) is 15.6. The minimum atomic E-state index is 0.508. The average Bonchev–Trinajstić information content (AvgIpc) is 3.71. The maximum atomic E-state index is 4.53. The van der Waals surface area contributed by atoms with E-state index in [1.807, 2.05) is 29.7 Å². The molecule has 314 valence electrons. The van der Waals surface area contributed by atoms with Crippen molar-refractivity contribution in [2.45, 2.75) is 125 Å². The first kappa shape index (κ1) is 39.2. The molecule has 2 heterocycles. The van der Waals surface area contributed by atoms with E-state index in [4.69, 9.17) is 0 Å². The van der Waals surface area contributed by atoms with Gasteiger partial charge in [0.25, 0.3) is 0 Å². The molecule has 10 atom stereocenters. The minimum absolute atomic E-state index is 0.508. The Morgan fingerprint density at radius 3 is 2.52 bits per heavy atom. The van der Waals surface area contributed by atoms with Gasteiger partial charge in [0.2, 0.25) is 0 Å². The smallest absolute Gasteiger partial charge is 0.0346 e. The molecule has 0 saturated heterocycles. The van der Waals surface area contributed by atoms with Crippen LogP contribution in [0.3, 0.4) is 0 Å². The molecule has 1 aliphatic heterocycles. The number of allylic oxidation sites excluding steroid dienone is 12. The first-order valence-corrected chi connectivity index (χ1v) is 25.5. The molecule has 0 radical (unpaired) electrons. The van der Waals surface area contributed by atoms with Crippen molar-refractivity contribution in [1.82, 2.24) is 4.98 Å². The topological polar surface area (TPSA) is 12.9 Å². The summed E-state index contributed by atoms with van der Waals surface area (Å²) in [6.45, 7) is 2.64. The Morgan fingerprint density at radius 1 is 0.677 bits per heavy atom. The van der Waals surface area contributed by atoms with Crippen molar-refractivity contribution < 1.29 is 0 Å². The second kappa shape index (κ2) is 16.6. The van der Waals surface area contributed by atoms with Gasteiger partial charge in [-0.05, 0) is 198 Å². The number of pyridine rings is 1. The third kappa shape index (κ3) is 7.12. The number of aryl methyl sites for hydroxylation is 1. The third-order valence-corrected chi connectivity index (χ3v) is 18.6. The van der Waals surface area contributed by atoms with E-state index < -0.39 is 0 Å². The summed E-state index contributed by atoms with van der Waals surface area (Å²) in [5.74, 6) is 6.49. The Balaban J connectivity index is 0.826. The van der Waals surface area contributed by atoms with Crippen LogP contribution in [0.1, 0.15) is 147 Å². The van der Waals surface area contributed by atoms with Crippen molar-refractivity contribution in [1.29, 1.82) is 0 Å². The van der Waals surface area contributed by atoms with E-state index in [0.29, 0.717) is 47.3 Å². The van der Waals surface area contributed by atoms with Crippen molar-refractivity contribution in [2.24, 2.45) is 35.5 Å². The number of aromatic nitrogens is 1. The zero-order chi connectivity index (χ0) is 41.1. The first-order chi connectivity index (χ1) is 30.6. The lowest BCUT2D eigenvalue weighted by atomic mass is 9.55. The van der Waals surface area contributed by atoms with E-state index >= 15 is 0 Å². The molecule has 3 aromatic carbocycles. The van der Waals surface area contributed by atoms with Crippen LogP contribution in [-0.4, -0.2) is 4.98 Å². The van der Waals surface area contributed by atoms with Crippen molar-refractivity contribution in [3.8, 4) is 11.1 Å². The SMILES string of the molecule is C[C@@H]1C2C=CC(c3ccc4c(c3)C3CCCCC3CC(c3cc(C5=CCCC=C5)cc(-c5cccnc5)c3)CC4)CC2C2=C(C=CCC2)[C@H]1C1CC=C2Sc3ccccc3C2C1. The van der Waals surface area contributed by atoms with Crippen LogP contribution >= 0.6 is 11.8 Å². The highest BCUT2D eigenvalue weighted by Crippen LogP contribution is 2.60. The highest BCUT2D eigenvalue weighted by Gasteiger charge is 2.47. The van der Waals surface area contributed by atoms with E-state index in [2.05, 4.69) is 133 Å². The molecule has 1 aromatic heterocycles. The van der Waals surface area contributed by atoms with Crippen molar-refractivity contribution in [2.75, 3.05) is 0 Å². The maximum Gasteiger partial charge on any atom is 0.0346 e. The van der Waals surface area contributed by atoms with Crippen LogP contribution in [0.2, 0.25) is 0 Å². The van der Waals surface area contributed by atoms with Gasteiger partial charge in [0.15, 0.2) is 0 Å². The molecule has 0 spiro atoms. The third-order valence-electron chi connectivity index (χ3n) is 17.3. The molecule has 0 N–H and O–H groups in total. The number of thioether (sulfide) groups is 1. The Kier molecular flexibility index (Phi) is 10.5. The van der Waals surface area contributed by atoms with Gasteiger partial charge in [-0.25, -0.2) is 0 Å². The number of hydrogen-bond donors (Lipinski definition) is 0. The largest absolute Gasteiger partial charge is 0.264 e. The highest BCUT2D eigenvalue weighted by molar-refractivity contribution is 8.03. The van der Waals surface area contributed by atoms with Gasteiger partial charge in [-0.15, -0.1) is 0 Å². The standard InChI is InChI=1S/C60H63NS/c1-38-50-27-25-43(35-56(50)52-17-7-8-19-54(52)60(38)45-26-28-59-57(36-45)53-18-9-10-20-58(53)62-59)42-24-22-40-21-23-41(30-44-14-5-6-16-51(44)55(40)34-42)48-31-47(39-12-3-2-4-13-39)32-49(33-48)46-15-11-29-61-37-46/h3,8-13,15,18-20,22,24-25,27-29,31-34,37-38,41,43-45,50-51,56-57,60H,2,4-7,14,16-17,21,23,26,30,35-36H2,1H3/t38-,41?,43?,44?,45?,50?,51?,56?,57?,60-/m1/s1. The number of benzene rings is 3. The van der Waals surface area contributed by atoms with Crippen molar-refractivity contribution >= 4 is 17.3 Å². The lowest BCUT2D eigenvalue weighted by molar-refractivity contribution is 0.152. The predicted octanol–water partition coefficient (Wildman–Crippen LogP) is 16.2. The molecule has 8 unspecified atom stereocenters. The molecular formula is C60H63NS. The molecule has 8 aliphatic rings. The van der Waals surface area contributed by atoms with E-state index in [0.717, 1.165) is 24.7 Å². The van der Waals surface area contributed by atoms with Gasteiger partial charge in [-0.2, -0.15) is 0 Å². The fourth-order valence-electron chi connectivity index (χ4n) is 14.3. The molecule has 7 aliphatic carbocycles. The summed E-state index contributed by atoms with van der Waals surface area (Å²) >= 11 is 2.05. The quantitative estimate of drug-likeness (QED) is 0.186. The van der Waals surface area contributed by atoms with Crippen LogP contribution in [0.5, 0.6) is 0 Å². The number of fused-ring (bicyclic) bond motifs is 8. The monoisotopic (exact) mass is 829 g/mol. The number of hydrogen-bond acceptors (Lipinski definition) is 2. The maximum absolute atomic E-state index is 4.53. The first-order valence-electron chi connectivity index (χ1n) is 24.7. The molecule has 2 heteroatoms. The van der Waals surface area contributed by atoms with Crippen molar-refractivity contribution in [3.63, 3.8) is 0 Å². The number of nitrogens with zero attached hydrogens (tertiary/aromatic N) is 1. The van der Waals surface area contributed by atoms with Crippen LogP contribution in [-0.2, 0) is 6.42 Å². The van der Waals surface area contributed by atoms with Crippen LogP contribution in [0.15, 0.2) is 155 Å². The summed E-state index contributed by atoms with van der Waals surface area (Å²) in [5, 5.41) is 0. The summed E-state index contributed by atoms with van der Waals surface area (Å²) in [6, 6.07) is 29.0. The zero-order valence-electron chi connectivity index (χ0n) is 36.7. The Bertz CT molecular complexity index is 2550.